The number of sulfonamides is 1. The topological polar surface area (TPSA) is 75.7 Å². The molecular weight excluding hydrogens is 424 g/mol. The molecule has 8 heteroatoms. The van der Waals surface area contributed by atoms with E-state index in [4.69, 9.17) is 16.3 Å². The van der Waals surface area contributed by atoms with Crippen molar-refractivity contribution in [1.82, 2.24) is 4.90 Å². The van der Waals surface area contributed by atoms with Gasteiger partial charge in [0.15, 0.2) is 0 Å². The smallest absolute Gasteiger partial charge is 0.261 e. The minimum atomic E-state index is -3.78. The predicted molar refractivity (Wildman–Crippen MR) is 117 cm³/mol. The molecule has 0 saturated carbocycles. The fourth-order valence-corrected chi connectivity index (χ4v) is 4.08. The highest BCUT2D eigenvalue weighted by molar-refractivity contribution is 7.92. The molecule has 1 amide bonds. The average molecular weight is 445 g/mol. The van der Waals surface area contributed by atoms with Gasteiger partial charge in [0.1, 0.15) is 5.75 Å². The van der Waals surface area contributed by atoms with Crippen molar-refractivity contribution in [1.29, 1.82) is 0 Å². The van der Waals surface area contributed by atoms with E-state index in [1.54, 1.807) is 37.4 Å². The van der Waals surface area contributed by atoms with Crippen molar-refractivity contribution in [3.63, 3.8) is 0 Å². The van der Waals surface area contributed by atoms with Gasteiger partial charge in [-0.1, -0.05) is 29.8 Å². The Morgan fingerprint density at radius 2 is 1.63 bits per heavy atom. The Bertz CT molecular complexity index is 1130. The minimum absolute atomic E-state index is 0.0589. The van der Waals surface area contributed by atoms with Crippen molar-refractivity contribution in [3.8, 4) is 5.75 Å². The lowest BCUT2D eigenvalue weighted by molar-refractivity contribution is 0.0785. The first-order chi connectivity index (χ1) is 14.3. The van der Waals surface area contributed by atoms with E-state index in [1.165, 1.54) is 36.3 Å². The molecule has 3 aromatic carbocycles. The Hall–Kier alpha value is -3.03. The SMILES string of the molecule is COc1ccc(NS(=O)(=O)c2ccc(C(=O)N(C)Cc3ccccc3Cl)cc2)cc1. The second-order valence-corrected chi connectivity index (χ2v) is 8.70. The fraction of sp³-hybridized carbons (Fsp3) is 0.136. The predicted octanol–water partition coefficient (Wildman–Crippen LogP) is 4.42. The average Bonchev–Trinajstić information content (AvgIpc) is 2.75. The van der Waals surface area contributed by atoms with Crippen LogP contribution in [0.2, 0.25) is 5.02 Å². The lowest BCUT2D eigenvalue weighted by Gasteiger charge is -2.18. The van der Waals surface area contributed by atoms with Crippen LogP contribution < -0.4 is 9.46 Å². The molecule has 0 heterocycles. The molecule has 0 fully saturated rings. The van der Waals surface area contributed by atoms with E-state index in [2.05, 4.69) is 4.72 Å². The van der Waals surface area contributed by atoms with Gasteiger partial charge < -0.3 is 9.64 Å². The van der Waals surface area contributed by atoms with E-state index in [0.29, 0.717) is 28.6 Å². The number of hydrogen-bond donors (Lipinski definition) is 1. The van der Waals surface area contributed by atoms with Crippen LogP contribution in [0.5, 0.6) is 5.75 Å². The summed E-state index contributed by atoms with van der Waals surface area (Å²) in [6.45, 7) is 0.345. The van der Waals surface area contributed by atoms with Crippen LogP contribution in [-0.4, -0.2) is 33.4 Å². The second-order valence-electron chi connectivity index (χ2n) is 6.61. The van der Waals surface area contributed by atoms with Crippen molar-refractivity contribution in [3.05, 3.63) is 88.9 Å². The maximum atomic E-state index is 12.7. The quantitative estimate of drug-likeness (QED) is 0.585. The van der Waals surface area contributed by atoms with Gasteiger partial charge in [-0.15, -0.1) is 0 Å². The summed E-state index contributed by atoms with van der Waals surface area (Å²) in [5.74, 6) is 0.392. The summed E-state index contributed by atoms with van der Waals surface area (Å²) in [5.41, 5.74) is 1.63. The van der Waals surface area contributed by atoms with Gasteiger partial charge in [-0.2, -0.15) is 0 Å². The number of amides is 1. The first-order valence-electron chi connectivity index (χ1n) is 9.06. The summed E-state index contributed by atoms with van der Waals surface area (Å²) < 4.78 is 32.8. The van der Waals surface area contributed by atoms with Crippen molar-refractivity contribution in [2.45, 2.75) is 11.4 Å². The Morgan fingerprint density at radius 1 is 1.00 bits per heavy atom. The summed E-state index contributed by atoms with van der Waals surface area (Å²) in [5, 5.41) is 0.586. The number of carbonyl (C=O) groups is 1. The van der Waals surface area contributed by atoms with Crippen LogP contribution in [0.25, 0.3) is 0 Å². The minimum Gasteiger partial charge on any atom is -0.497 e. The van der Waals surface area contributed by atoms with E-state index in [0.717, 1.165) is 5.56 Å². The van der Waals surface area contributed by atoms with Crippen LogP contribution in [0.3, 0.4) is 0 Å². The molecule has 0 saturated heterocycles. The molecule has 0 radical (unpaired) electrons. The number of benzene rings is 3. The van der Waals surface area contributed by atoms with Crippen LogP contribution in [0.1, 0.15) is 15.9 Å². The van der Waals surface area contributed by atoms with Crippen LogP contribution >= 0.6 is 11.6 Å². The number of carbonyl (C=O) groups excluding carboxylic acids is 1. The zero-order valence-electron chi connectivity index (χ0n) is 16.5. The second kappa shape index (κ2) is 9.19. The highest BCUT2D eigenvalue weighted by Gasteiger charge is 2.17. The normalized spacial score (nSPS) is 11.0. The molecule has 1 N–H and O–H groups in total. The number of hydrogen-bond acceptors (Lipinski definition) is 4. The van der Waals surface area contributed by atoms with Gasteiger partial charge in [0.25, 0.3) is 15.9 Å². The van der Waals surface area contributed by atoms with Crippen LogP contribution in [0.15, 0.2) is 77.7 Å². The molecular formula is C22H21ClN2O4S. The van der Waals surface area contributed by atoms with Gasteiger partial charge in [0, 0.05) is 29.9 Å². The van der Waals surface area contributed by atoms with Gasteiger partial charge in [-0.05, 0) is 60.2 Å². The summed E-state index contributed by atoms with van der Waals surface area (Å²) in [6.07, 6.45) is 0. The molecule has 156 valence electrons. The Labute approximate surface area is 181 Å². The van der Waals surface area contributed by atoms with Gasteiger partial charge in [-0.25, -0.2) is 8.42 Å². The summed E-state index contributed by atoms with van der Waals surface area (Å²) in [6, 6.07) is 19.6. The zero-order chi connectivity index (χ0) is 21.7. The van der Waals surface area contributed by atoms with Crippen molar-refractivity contribution in [2.75, 3.05) is 18.9 Å². The molecule has 0 bridgehead atoms. The molecule has 0 spiro atoms. The van der Waals surface area contributed by atoms with Gasteiger partial charge in [-0.3, -0.25) is 9.52 Å². The number of nitrogens with zero attached hydrogens (tertiary/aromatic N) is 1. The number of ether oxygens (including phenoxy) is 1. The highest BCUT2D eigenvalue weighted by Crippen LogP contribution is 2.21. The summed E-state index contributed by atoms with van der Waals surface area (Å²) in [7, 11) is -0.579. The lowest BCUT2D eigenvalue weighted by atomic mass is 10.1. The van der Waals surface area contributed by atoms with Crippen molar-refractivity contribution >= 4 is 33.2 Å². The largest absolute Gasteiger partial charge is 0.497 e. The number of anilines is 1. The molecule has 0 aliphatic carbocycles. The molecule has 3 rings (SSSR count). The number of nitrogens with one attached hydrogen (secondary N) is 1. The molecule has 3 aromatic rings. The van der Waals surface area contributed by atoms with Crippen LogP contribution in [0, 0.1) is 0 Å². The molecule has 0 unspecified atom stereocenters. The van der Waals surface area contributed by atoms with Crippen LogP contribution in [-0.2, 0) is 16.6 Å². The first kappa shape index (κ1) is 21.7. The van der Waals surface area contributed by atoms with Gasteiger partial charge in [0.05, 0.1) is 12.0 Å². The zero-order valence-corrected chi connectivity index (χ0v) is 18.1. The Morgan fingerprint density at radius 3 is 2.23 bits per heavy atom. The first-order valence-corrected chi connectivity index (χ1v) is 10.9. The Kier molecular flexibility index (Phi) is 6.64. The maximum Gasteiger partial charge on any atom is 0.261 e. The highest BCUT2D eigenvalue weighted by atomic mass is 35.5. The van der Waals surface area contributed by atoms with Gasteiger partial charge >= 0.3 is 0 Å². The third kappa shape index (κ3) is 5.11. The third-order valence-corrected chi connectivity index (χ3v) is 6.23. The summed E-state index contributed by atoms with van der Waals surface area (Å²) >= 11 is 6.15. The molecule has 0 aromatic heterocycles. The third-order valence-electron chi connectivity index (χ3n) is 4.47. The van der Waals surface area contributed by atoms with E-state index >= 15 is 0 Å². The molecule has 30 heavy (non-hydrogen) atoms. The maximum absolute atomic E-state index is 12.7. The van der Waals surface area contributed by atoms with E-state index in [-0.39, 0.29) is 10.8 Å². The number of halogens is 1. The van der Waals surface area contributed by atoms with E-state index in [9.17, 15) is 13.2 Å². The summed E-state index contributed by atoms with van der Waals surface area (Å²) in [4.78, 5) is 14.3. The van der Waals surface area contributed by atoms with Crippen molar-refractivity contribution < 1.29 is 17.9 Å². The number of methoxy groups -OCH3 is 1. The molecule has 6 nitrogen and oxygen atoms in total. The Balaban J connectivity index is 1.71. The van der Waals surface area contributed by atoms with E-state index < -0.39 is 10.0 Å². The monoisotopic (exact) mass is 444 g/mol. The van der Waals surface area contributed by atoms with E-state index in [1.807, 2.05) is 18.2 Å². The molecule has 0 atom stereocenters. The fourth-order valence-electron chi connectivity index (χ4n) is 2.82. The van der Waals surface area contributed by atoms with Gasteiger partial charge in [0.2, 0.25) is 0 Å². The standard InChI is InChI=1S/C22H21ClN2O4S/c1-25(15-17-5-3-4-6-21(17)23)22(26)16-7-13-20(14-8-16)30(27,28)24-18-9-11-19(29-2)12-10-18/h3-14,24H,15H2,1-2H3. The molecule has 0 aliphatic rings. The van der Waals surface area contributed by atoms with Crippen LogP contribution in [0.4, 0.5) is 5.69 Å². The lowest BCUT2D eigenvalue weighted by Crippen LogP contribution is -2.26. The van der Waals surface area contributed by atoms with Crippen molar-refractivity contribution in [2.24, 2.45) is 0 Å². The molecule has 0 aliphatic heterocycles. The number of rotatable bonds is 7.